The van der Waals surface area contributed by atoms with Crippen molar-refractivity contribution < 1.29 is 23.9 Å². The number of ether oxygens (including phenoxy) is 1. The Morgan fingerprint density at radius 2 is 1.44 bits per heavy atom. The maximum atomic E-state index is 11.8. The first-order valence-electron chi connectivity index (χ1n) is 8.10. The van der Waals surface area contributed by atoms with E-state index >= 15 is 0 Å². The van der Waals surface area contributed by atoms with Crippen LogP contribution in [0.2, 0.25) is 0 Å². The second-order valence-corrected chi connectivity index (χ2v) is 5.52. The van der Waals surface area contributed by atoms with Crippen molar-refractivity contribution in [1.82, 2.24) is 5.32 Å². The molecule has 8 nitrogen and oxygen atoms in total. The van der Waals surface area contributed by atoms with Gasteiger partial charge in [0.05, 0.1) is 0 Å². The molecule has 3 N–H and O–H groups in total. The lowest BCUT2D eigenvalue weighted by molar-refractivity contribution is -0.146. The Morgan fingerprint density at radius 3 is 2.04 bits per heavy atom. The minimum atomic E-state index is -0.726. The SMILES string of the molecule is CC(=O)Nc1ccc(NC(=O)COC(=O)CNC(=O)c2ccccc2)cc1. The Labute approximate surface area is 155 Å². The number of benzene rings is 2. The Morgan fingerprint density at radius 1 is 0.852 bits per heavy atom. The number of anilines is 2. The fraction of sp³-hybridized carbons (Fsp3) is 0.158. The Bertz CT molecular complexity index is 819. The zero-order valence-corrected chi connectivity index (χ0v) is 14.7. The number of carbonyl (C=O) groups excluding carboxylic acids is 4. The van der Waals surface area contributed by atoms with E-state index < -0.39 is 24.4 Å². The number of carbonyl (C=O) groups is 4. The van der Waals surface area contributed by atoms with E-state index in [0.717, 1.165) is 0 Å². The van der Waals surface area contributed by atoms with E-state index in [2.05, 4.69) is 16.0 Å². The molecule has 2 aromatic rings. The maximum absolute atomic E-state index is 11.8. The summed E-state index contributed by atoms with van der Waals surface area (Å²) in [5.74, 6) is -1.85. The summed E-state index contributed by atoms with van der Waals surface area (Å²) in [5, 5.41) is 7.57. The van der Waals surface area contributed by atoms with Gasteiger partial charge in [0.1, 0.15) is 6.54 Å². The third-order valence-corrected chi connectivity index (χ3v) is 3.28. The molecule has 0 radical (unpaired) electrons. The standard InChI is InChI=1S/C19H19N3O5/c1-13(23)21-15-7-9-16(10-8-15)22-17(24)12-27-18(25)11-20-19(26)14-5-3-2-4-6-14/h2-10H,11-12H2,1H3,(H,20,26)(H,21,23)(H,22,24). The van der Waals surface area contributed by atoms with Crippen LogP contribution in [-0.4, -0.2) is 36.8 Å². The summed E-state index contributed by atoms with van der Waals surface area (Å²) in [5.41, 5.74) is 1.51. The molecule has 0 aliphatic heterocycles. The summed E-state index contributed by atoms with van der Waals surface area (Å²) in [4.78, 5) is 46.2. The summed E-state index contributed by atoms with van der Waals surface area (Å²) in [6, 6.07) is 14.9. The van der Waals surface area contributed by atoms with Crippen LogP contribution in [-0.2, 0) is 19.1 Å². The van der Waals surface area contributed by atoms with Crippen LogP contribution in [0.4, 0.5) is 11.4 Å². The van der Waals surface area contributed by atoms with E-state index in [0.29, 0.717) is 16.9 Å². The molecule has 3 amide bonds. The quantitative estimate of drug-likeness (QED) is 0.641. The lowest BCUT2D eigenvalue weighted by Gasteiger charge is -2.08. The Hall–Kier alpha value is -3.68. The van der Waals surface area contributed by atoms with Gasteiger partial charge in [0.2, 0.25) is 5.91 Å². The summed E-state index contributed by atoms with van der Waals surface area (Å²) in [6.45, 7) is 0.576. The van der Waals surface area contributed by atoms with E-state index in [4.69, 9.17) is 4.74 Å². The summed E-state index contributed by atoms with van der Waals surface area (Å²) >= 11 is 0. The summed E-state index contributed by atoms with van der Waals surface area (Å²) in [6.07, 6.45) is 0. The van der Waals surface area contributed by atoms with Gasteiger partial charge in [-0.25, -0.2) is 0 Å². The molecule has 0 unspecified atom stereocenters. The van der Waals surface area contributed by atoms with Crippen molar-refractivity contribution in [2.24, 2.45) is 0 Å². The van der Waals surface area contributed by atoms with Crippen LogP contribution in [0.15, 0.2) is 54.6 Å². The van der Waals surface area contributed by atoms with Crippen LogP contribution < -0.4 is 16.0 Å². The monoisotopic (exact) mass is 369 g/mol. The second-order valence-electron chi connectivity index (χ2n) is 5.52. The molecule has 0 heterocycles. The molecule has 140 valence electrons. The molecule has 0 fully saturated rings. The van der Waals surface area contributed by atoms with E-state index in [-0.39, 0.29) is 12.5 Å². The first-order valence-corrected chi connectivity index (χ1v) is 8.10. The molecule has 8 heteroatoms. The average molecular weight is 369 g/mol. The molecule has 0 bridgehead atoms. The van der Waals surface area contributed by atoms with Gasteiger partial charge in [-0.05, 0) is 36.4 Å². The highest BCUT2D eigenvalue weighted by Crippen LogP contribution is 2.13. The van der Waals surface area contributed by atoms with E-state index in [1.54, 1.807) is 54.6 Å². The molecule has 0 saturated carbocycles. The molecule has 0 saturated heterocycles. The van der Waals surface area contributed by atoms with Gasteiger partial charge < -0.3 is 20.7 Å². The molecular formula is C19H19N3O5. The van der Waals surface area contributed by atoms with Gasteiger partial charge in [0.15, 0.2) is 6.61 Å². The molecule has 0 aliphatic carbocycles. The molecule has 0 aromatic heterocycles. The normalized spacial score (nSPS) is 9.81. The third-order valence-electron chi connectivity index (χ3n) is 3.28. The molecule has 2 rings (SSSR count). The number of hydrogen-bond acceptors (Lipinski definition) is 5. The van der Waals surface area contributed by atoms with Crippen molar-refractivity contribution in [2.75, 3.05) is 23.8 Å². The van der Waals surface area contributed by atoms with Crippen molar-refractivity contribution in [3.05, 3.63) is 60.2 Å². The molecule has 0 spiro atoms. The van der Waals surface area contributed by atoms with Crippen LogP contribution in [0.5, 0.6) is 0 Å². The molecular weight excluding hydrogens is 350 g/mol. The minimum Gasteiger partial charge on any atom is -0.454 e. The smallest absolute Gasteiger partial charge is 0.325 e. The number of amides is 3. The molecule has 0 aliphatic rings. The van der Waals surface area contributed by atoms with E-state index in [9.17, 15) is 19.2 Å². The number of esters is 1. The first kappa shape index (κ1) is 19.6. The minimum absolute atomic E-state index is 0.196. The van der Waals surface area contributed by atoms with Crippen molar-refractivity contribution in [2.45, 2.75) is 6.92 Å². The highest BCUT2D eigenvalue weighted by molar-refractivity contribution is 5.96. The van der Waals surface area contributed by atoms with Crippen molar-refractivity contribution >= 4 is 35.1 Å². The van der Waals surface area contributed by atoms with Crippen LogP contribution >= 0.6 is 0 Å². The summed E-state index contributed by atoms with van der Waals surface area (Å²) < 4.78 is 4.82. The van der Waals surface area contributed by atoms with Crippen LogP contribution in [0.3, 0.4) is 0 Å². The number of nitrogens with one attached hydrogen (secondary N) is 3. The van der Waals surface area contributed by atoms with E-state index in [1.165, 1.54) is 6.92 Å². The van der Waals surface area contributed by atoms with Gasteiger partial charge in [0, 0.05) is 23.9 Å². The van der Waals surface area contributed by atoms with Crippen LogP contribution in [0.25, 0.3) is 0 Å². The zero-order chi connectivity index (χ0) is 19.6. The maximum Gasteiger partial charge on any atom is 0.325 e. The predicted octanol–water partition coefficient (Wildman–Crippen LogP) is 1.56. The fourth-order valence-corrected chi connectivity index (χ4v) is 2.08. The number of rotatable bonds is 7. The fourth-order valence-electron chi connectivity index (χ4n) is 2.08. The van der Waals surface area contributed by atoms with Gasteiger partial charge >= 0.3 is 5.97 Å². The van der Waals surface area contributed by atoms with Crippen LogP contribution in [0.1, 0.15) is 17.3 Å². The lowest BCUT2D eigenvalue weighted by Crippen LogP contribution is -2.32. The van der Waals surface area contributed by atoms with E-state index in [1.807, 2.05) is 0 Å². The topological polar surface area (TPSA) is 114 Å². The molecule has 2 aromatic carbocycles. The van der Waals surface area contributed by atoms with Gasteiger partial charge in [-0.1, -0.05) is 18.2 Å². The average Bonchev–Trinajstić information content (AvgIpc) is 2.66. The number of hydrogen-bond donors (Lipinski definition) is 3. The predicted molar refractivity (Wildman–Crippen MR) is 99.1 cm³/mol. The highest BCUT2D eigenvalue weighted by atomic mass is 16.5. The highest BCUT2D eigenvalue weighted by Gasteiger charge is 2.11. The molecule has 27 heavy (non-hydrogen) atoms. The van der Waals surface area contributed by atoms with Gasteiger partial charge in [-0.15, -0.1) is 0 Å². The Kier molecular flexibility index (Phi) is 7.07. The van der Waals surface area contributed by atoms with Gasteiger partial charge in [-0.3, -0.25) is 19.2 Å². The van der Waals surface area contributed by atoms with Crippen molar-refractivity contribution in [3.8, 4) is 0 Å². The zero-order valence-electron chi connectivity index (χ0n) is 14.7. The first-order chi connectivity index (χ1) is 12.9. The largest absolute Gasteiger partial charge is 0.454 e. The van der Waals surface area contributed by atoms with Gasteiger partial charge in [0.25, 0.3) is 11.8 Å². The lowest BCUT2D eigenvalue weighted by atomic mass is 10.2. The van der Waals surface area contributed by atoms with Gasteiger partial charge in [-0.2, -0.15) is 0 Å². The Balaban J connectivity index is 1.71. The second kappa shape index (κ2) is 9.71. The molecule has 0 atom stereocenters. The van der Waals surface area contributed by atoms with Crippen molar-refractivity contribution in [1.29, 1.82) is 0 Å². The van der Waals surface area contributed by atoms with Crippen molar-refractivity contribution in [3.63, 3.8) is 0 Å². The third kappa shape index (κ3) is 6.99. The van der Waals surface area contributed by atoms with Crippen LogP contribution in [0, 0.1) is 0 Å². The summed E-state index contributed by atoms with van der Waals surface area (Å²) in [7, 11) is 0.